The van der Waals surface area contributed by atoms with E-state index in [9.17, 15) is 17.3 Å². The zero-order valence-electron chi connectivity index (χ0n) is 8.25. The number of hydrogen-bond acceptors (Lipinski definition) is 1. The largest absolute Gasteiger partial charge is 0.673 e. The topological polar surface area (TPSA) is 20.2 Å². The van der Waals surface area contributed by atoms with Crippen LogP contribution in [-0.2, 0) is 10.9 Å². The quantitative estimate of drug-likeness (QED) is 0.456. The second kappa shape index (κ2) is 5.90. The first-order valence-electron chi connectivity index (χ1n) is 3.94. The summed E-state index contributed by atoms with van der Waals surface area (Å²) in [5.74, 6) is 0.342. The molecule has 1 rings (SSSR count). The molecule has 0 aliphatic carbocycles. The first-order valence-corrected chi connectivity index (χ1v) is 5.98. The van der Waals surface area contributed by atoms with Crippen molar-refractivity contribution in [1.29, 1.82) is 0 Å². The van der Waals surface area contributed by atoms with Crippen LogP contribution in [0.25, 0.3) is 0 Å². The van der Waals surface area contributed by atoms with Crippen molar-refractivity contribution in [1.82, 2.24) is 0 Å². The second-order valence-electron chi connectivity index (χ2n) is 2.81. The highest BCUT2D eigenvalue weighted by Crippen LogP contribution is 2.13. The van der Waals surface area contributed by atoms with Gasteiger partial charge in [0.05, 0.1) is 0 Å². The average Bonchev–Trinajstić information content (AvgIpc) is 2.01. The van der Waals surface area contributed by atoms with Gasteiger partial charge in [-0.15, -0.1) is 0 Å². The van der Waals surface area contributed by atoms with Crippen molar-refractivity contribution in [2.24, 2.45) is 0 Å². The summed E-state index contributed by atoms with van der Waals surface area (Å²) in [5, 5.41) is 8.94. The molecule has 1 aromatic rings. The van der Waals surface area contributed by atoms with Crippen LogP contribution in [0.5, 0.6) is 5.75 Å². The standard InChI is InChI=1S/C8H10OS.BF4/c1-10(2)8-5-3-7(9)4-6-8;2-1(3,4)5/h3-6H,1-2H3;/q;-1/p+1. The van der Waals surface area contributed by atoms with E-state index in [0.29, 0.717) is 16.6 Å². The van der Waals surface area contributed by atoms with Gasteiger partial charge in [-0.25, -0.2) is 0 Å². The highest BCUT2D eigenvalue weighted by Gasteiger charge is 2.20. The smallest absolute Gasteiger partial charge is 0.508 e. The maximum atomic E-state index is 9.75. The molecule has 0 saturated carbocycles. The second-order valence-corrected chi connectivity index (χ2v) is 4.91. The van der Waals surface area contributed by atoms with Crippen LogP contribution in [0.1, 0.15) is 0 Å². The van der Waals surface area contributed by atoms with E-state index in [1.807, 2.05) is 12.1 Å². The van der Waals surface area contributed by atoms with Crippen LogP contribution >= 0.6 is 0 Å². The van der Waals surface area contributed by atoms with Gasteiger partial charge in [-0.05, 0) is 24.3 Å². The van der Waals surface area contributed by atoms with Crippen LogP contribution in [-0.4, -0.2) is 24.9 Å². The van der Waals surface area contributed by atoms with Crippen molar-refractivity contribution in [3.8, 4) is 5.75 Å². The Morgan fingerprint density at radius 3 is 1.60 bits per heavy atom. The summed E-state index contributed by atoms with van der Waals surface area (Å²) in [6.07, 6.45) is 4.32. The van der Waals surface area contributed by atoms with Gasteiger partial charge in [-0.1, -0.05) is 0 Å². The van der Waals surface area contributed by atoms with Crippen LogP contribution < -0.4 is 0 Å². The molecule has 0 radical (unpaired) electrons. The molecule has 0 fully saturated rings. The first-order chi connectivity index (χ1) is 6.70. The van der Waals surface area contributed by atoms with Gasteiger partial charge in [-0.2, -0.15) is 0 Å². The molecular weight excluding hydrogens is 231 g/mol. The number of rotatable bonds is 1. The third-order valence-corrected chi connectivity index (χ3v) is 2.52. The third kappa shape index (κ3) is 9.46. The lowest BCUT2D eigenvalue weighted by Gasteiger charge is -1.94. The summed E-state index contributed by atoms with van der Waals surface area (Å²) >= 11 is 0. The Morgan fingerprint density at radius 1 is 1.00 bits per heavy atom. The Kier molecular flexibility index (Phi) is 5.56. The lowest BCUT2D eigenvalue weighted by atomic mass is 10.3. The zero-order valence-corrected chi connectivity index (χ0v) is 9.07. The van der Waals surface area contributed by atoms with Gasteiger partial charge in [0.25, 0.3) is 0 Å². The lowest BCUT2D eigenvalue weighted by molar-refractivity contribution is 0.368. The Hall–Kier alpha value is -0.845. The summed E-state index contributed by atoms with van der Waals surface area (Å²) in [6, 6.07) is 7.36. The van der Waals surface area contributed by atoms with Gasteiger partial charge in [0, 0.05) is 10.9 Å². The Balaban J connectivity index is 0.000000336. The Bertz CT molecular complexity index is 280. The SMILES string of the molecule is C[S+](C)c1ccc(O)cc1.F[B-](F)(F)F. The van der Waals surface area contributed by atoms with Gasteiger partial charge in [0.15, 0.2) is 4.90 Å². The zero-order chi connectivity index (χ0) is 12.1. The molecule has 0 saturated heterocycles. The van der Waals surface area contributed by atoms with Gasteiger partial charge in [0.2, 0.25) is 0 Å². The molecule has 0 bridgehead atoms. The monoisotopic (exact) mass is 242 g/mol. The third-order valence-electron chi connectivity index (χ3n) is 1.31. The van der Waals surface area contributed by atoms with Crippen LogP contribution in [0, 0.1) is 0 Å². The molecule has 1 nitrogen and oxygen atoms in total. The van der Waals surface area contributed by atoms with Gasteiger partial charge < -0.3 is 22.4 Å². The molecule has 0 amide bonds. The molecule has 0 spiro atoms. The number of halogens is 4. The van der Waals surface area contributed by atoms with Crippen molar-refractivity contribution < 1.29 is 22.4 Å². The minimum atomic E-state index is -6.00. The Morgan fingerprint density at radius 2 is 1.33 bits per heavy atom. The molecule has 15 heavy (non-hydrogen) atoms. The molecule has 1 aromatic carbocycles. The molecule has 0 heterocycles. The highest BCUT2D eigenvalue weighted by atomic mass is 32.2. The highest BCUT2D eigenvalue weighted by molar-refractivity contribution is 7.95. The van der Waals surface area contributed by atoms with E-state index < -0.39 is 7.25 Å². The predicted molar refractivity (Wildman–Crippen MR) is 55.8 cm³/mol. The Labute approximate surface area is 88.6 Å². The molecular formula is C8H11BF4OS. The summed E-state index contributed by atoms with van der Waals surface area (Å²) in [6.45, 7) is 0. The predicted octanol–water partition coefficient (Wildman–Crippen LogP) is 2.93. The summed E-state index contributed by atoms with van der Waals surface area (Å²) in [4.78, 5) is 1.29. The van der Waals surface area contributed by atoms with Crippen LogP contribution in [0.2, 0.25) is 0 Å². The lowest BCUT2D eigenvalue weighted by Crippen LogP contribution is -2.02. The molecule has 7 heteroatoms. The minimum Gasteiger partial charge on any atom is -0.508 e. The van der Waals surface area contributed by atoms with Crippen molar-refractivity contribution in [2.75, 3.05) is 12.5 Å². The molecule has 0 aliphatic rings. The number of benzene rings is 1. The summed E-state index contributed by atoms with van der Waals surface area (Å²) in [5.41, 5.74) is 0. The number of aromatic hydroxyl groups is 1. The van der Waals surface area contributed by atoms with Crippen LogP contribution in [0.3, 0.4) is 0 Å². The van der Waals surface area contributed by atoms with E-state index >= 15 is 0 Å². The van der Waals surface area contributed by atoms with E-state index in [1.165, 1.54) is 4.90 Å². The fourth-order valence-corrected chi connectivity index (χ4v) is 1.40. The molecule has 86 valence electrons. The first kappa shape index (κ1) is 14.2. The van der Waals surface area contributed by atoms with E-state index in [2.05, 4.69) is 12.5 Å². The fraction of sp³-hybridized carbons (Fsp3) is 0.250. The number of hydrogen-bond donors (Lipinski definition) is 1. The summed E-state index contributed by atoms with van der Waals surface area (Å²) < 4.78 is 39.0. The molecule has 0 unspecified atom stereocenters. The van der Waals surface area contributed by atoms with Crippen molar-refractivity contribution in [3.05, 3.63) is 24.3 Å². The molecule has 1 N–H and O–H groups in total. The maximum Gasteiger partial charge on any atom is 0.673 e. The van der Waals surface area contributed by atoms with Crippen molar-refractivity contribution in [3.63, 3.8) is 0 Å². The van der Waals surface area contributed by atoms with Crippen molar-refractivity contribution in [2.45, 2.75) is 4.90 Å². The molecule has 0 aromatic heterocycles. The molecule has 0 atom stereocenters. The summed E-state index contributed by atoms with van der Waals surface area (Å²) in [7, 11) is -5.70. The fourth-order valence-electron chi connectivity index (χ4n) is 0.718. The van der Waals surface area contributed by atoms with Gasteiger partial charge in [-0.3, -0.25) is 0 Å². The van der Waals surface area contributed by atoms with Crippen LogP contribution in [0.4, 0.5) is 17.3 Å². The van der Waals surface area contributed by atoms with Crippen molar-refractivity contribution >= 4 is 18.1 Å². The number of phenolic OH excluding ortho intramolecular Hbond substituents is 1. The van der Waals surface area contributed by atoms with E-state index in [-0.39, 0.29) is 0 Å². The minimum absolute atomic E-state index is 0.302. The number of phenols is 1. The van der Waals surface area contributed by atoms with Crippen LogP contribution in [0.15, 0.2) is 29.2 Å². The van der Waals surface area contributed by atoms with E-state index in [4.69, 9.17) is 5.11 Å². The average molecular weight is 242 g/mol. The van der Waals surface area contributed by atoms with Gasteiger partial charge in [0.1, 0.15) is 18.3 Å². The molecule has 0 aliphatic heterocycles. The maximum absolute atomic E-state index is 9.75. The normalized spacial score (nSPS) is 10.9. The van der Waals surface area contributed by atoms with E-state index in [1.54, 1.807) is 12.1 Å². The van der Waals surface area contributed by atoms with E-state index in [0.717, 1.165) is 0 Å². The van der Waals surface area contributed by atoms with Gasteiger partial charge >= 0.3 is 7.25 Å².